The summed E-state index contributed by atoms with van der Waals surface area (Å²) in [5.74, 6) is 0.820. The molecule has 0 amide bonds. The molecule has 0 saturated heterocycles. The number of benzene rings is 1. The van der Waals surface area contributed by atoms with Crippen LogP contribution in [0, 0.1) is 5.41 Å². The van der Waals surface area contributed by atoms with E-state index in [4.69, 9.17) is 0 Å². The number of hydrogen-bond donors (Lipinski definition) is 2. The molecule has 0 unspecified atom stereocenters. The summed E-state index contributed by atoms with van der Waals surface area (Å²) in [6, 6.07) is 10.6. The topological polar surface area (TPSA) is 36.4 Å². The maximum Gasteiger partial charge on any atom is 0.191 e. The Kier molecular flexibility index (Phi) is 6.13. The number of rotatable bonds is 6. The highest BCUT2D eigenvalue weighted by atomic mass is 15.2. The minimum atomic E-state index is 0.174. The second kappa shape index (κ2) is 7.62. The van der Waals surface area contributed by atoms with Gasteiger partial charge in [-0.2, -0.15) is 0 Å². The van der Waals surface area contributed by atoms with Crippen molar-refractivity contribution in [2.24, 2.45) is 10.4 Å². The summed E-state index contributed by atoms with van der Waals surface area (Å²) in [5.41, 5.74) is 1.54. The van der Waals surface area contributed by atoms with Gasteiger partial charge in [-0.3, -0.25) is 4.99 Å². The number of hydrogen-bond acceptors (Lipinski definition) is 1. The van der Waals surface area contributed by atoms with Gasteiger partial charge in [0.25, 0.3) is 0 Å². The first-order chi connectivity index (χ1) is 9.07. The Labute approximate surface area is 116 Å². The fourth-order valence-electron chi connectivity index (χ4n) is 1.92. The van der Waals surface area contributed by atoms with Crippen molar-refractivity contribution in [2.45, 2.75) is 20.3 Å². The van der Waals surface area contributed by atoms with Crippen LogP contribution >= 0.6 is 0 Å². The summed E-state index contributed by atoms with van der Waals surface area (Å²) in [6.07, 6.45) is 2.86. The van der Waals surface area contributed by atoms with E-state index in [1.807, 2.05) is 6.08 Å². The van der Waals surface area contributed by atoms with Crippen molar-refractivity contribution in [2.75, 3.05) is 20.1 Å². The van der Waals surface area contributed by atoms with Gasteiger partial charge in [0.2, 0.25) is 0 Å². The molecule has 3 heteroatoms. The van der Waals surface area contributed by atoms with Crippen molar-refractivity contribution < 1.29 is 0 Å². The molecule has 0 aliphatic rings. The minimum Gasteiger partial charge on any atom is -0.356 e. The van der Waals surface area contributed by atoms with Crippen LogP contribution in [0.25, 0.3) is 0 Å². The van der Waals surface area contributed by atoms with Crippen LogP contribution in [0.2, 0.25) is 0 Å². The smallest absolute Gasteiger partial charge is 0.191 e. The van der Waals surface area contributed by atoms with E-state index in [9.17, 15) is 0 Å². The van der Waals surface area contributed by atoms with Crippen LogP contribution in [0.4, 0.5) is 0 Å². The predicted molar refractivity (Wildman–Crippen MR) is 83.5 cm³/mol. The third-order valence-electron chi connectivity index (χ3n) is 2.90. The van der Waals surface area contributed by atoms with Crippen molar-refractivity contribution in [3.8, 4) is 0 Å². The molecule has 3 nitrogen and oxygen atoms in total. The largest absolute Gasteiger partial charge is 0.356 e. The first-order valence-corrected chi connectivity index (χ1v) is 6.67. The fourth-order valence-corrected chi connectivity index (χ4v) is 1.92. The molecular formula is C16H25N3. The second-order valence-corrected chi connectivity index (χ2v) is 5.42. The molecule has 2 N–H and O–H groups in total. The van der Waals surface area contributed by atoms with E-state index in [-0.39, 0.29) is 5.41 Å². The molecule has 0 bridgehead atoms. The van der Waals surface area contributed by atoms with Crippen LogP contribution < -0.4 is 10.6 Å². The monoisotopic (exact) mass is 259 g/mol. The van der Waals surface area contributed by atoms with Crippen molar-refractivity contribution in [3.63, 3.8) is 0 Å². The minimum absolute atomic E-state index is 0.174. The van der Waals surface area contributed by atoms with E-state index in [1.165, 1.54) is 5.56 Å². The van der Waals surface area contributed by atoms with Crippen LogP contribution in [0.5, 0.6) is 0 Å². The van der Waals surface area contributed by atoms with Gasteiger partial charge in [0.15, 0.2) is 5.96 Å². The van der Waals surface area contributed by atoms with Crippen LogP contribution in [0.3, 0.4) is 0 Å². The maximum atomic E-state index is 4.18. The van der Waals surface area contributed by atoms with Gasteiger partial charge in [0.1, 0.15) is 0 Å². The number of aliphatic imine (C=N–C) groups is 1. The average Bonchev–Trinajstić information content (AvgIpc) is 2.39. The van der Waals surface area contributed by atoms with E-state index in [2.05, 4.69) is 66.4 Å². The summed E-state index contributed by atoms with van der Waals surface area (Å²) in [4.78, 5) is 4.18. The third kappa shape index (κ3) is 6.09. The van der Waals surface area contributed by atoms with Gasteiger partial charge in [-0.05, 0) is 17.4 Å². The highest BCUT2D eigenvalue weighted by Crippen LogP contribution is 2.20. The Morgan fingerprint density at radius 3 is 2.53 bits per heavy atom. The Hall–Kier alpha value is -1.77. The van der Waals surface area contributed by atoms with Gasteiger partial charge >= 0.3 is 0 Å². The molecule has 19 heavy (non-hydrogen) atoms. The molecule has 104 valence electrons. The predicted octanol–water partition coefficient (Wildman–Crippen LogP) is 2.61. The molecule has 0 aromatic heterocycles. The standard InChI is InChI=1S/C16H25N3/c1-5-11-18-15(17-4)19-13-16(2,3)12-14-9-7-6-8-10-14/h5-10H,1,11-13H2,2-4H3,(H2,17,18,19). The summed E-state index contributed by atoms with van der Waals surface area (Å²) in [6.45, 7) is 9.80. The van der Waals surface area contributed by atoms with Crippen LogP contribution in [-0.2, 0) is 6.42 Å². The second-order valence-electron chi connectivity index (χ2n) is 5.42. The van der Waals surface area contributed by atoms with Crippen molar-refractivity contribution in [1.82, 2.24) is 10.6 Å². The quantitative estimate of drug-likeness (QED) is 0.468. The van der Waals surface area contributed by atoms with Crippen LogP contribution in [-0.4, -0.2) is 26.1 Å². The zero-order valence-corrected chi connectivity index (χ0v) is 12.2. The number of nitrogens with one attached hydrogen (secondary N) is 2. The highest BCUT2D eigenvalue weighted by Gasteiger charge is 2.18. The lowest BCUT2D eigenvalue weighted by molar-refractivity contribution is 0.359. The van der Waals surface area contributed by atoms with Gasteiger partial charge in [-0.25, -0.2) is 0 Å². The van der Waals surface area contributed by atoms with E-state index >= 15 is 0 Å². The number of guanidine groups is 1. The molecule has 0 aliphatic carbocycles. The summed E-state index contributed by atoms with van der Waals surface area (Å²) < 4.78 is 0. The van der Waals surface area contributed by atoms with E-state index in [1.54, 1.807) is 7.05 Å². The molecular weight excluding hydrogens is 234 g/mol. The van der Waals surface area contributed by atoms with Gasteiger partial charge < -0.3 is 10.6 Å². The fraction of sp³-hybridized carbons (Fsp3) is 0.438. The highest BCUT2D eigenvalue weighted by molar-refractivity contribution is 5.79. The molecule has 1 aromatic carbocycles. The summed E-state index contributed by atoms with van der Waals surface area (Å²) in [5, 5.41) is 6.53. The van der Waals surface area contributed by atoms with E-state index < -0.39 is 0 Å². The molecule has 0 spiro atoms. The van der Waals surface area contributed by atoms with Gasteiger partial charge in [0.05, 0.1) is 0 Å². The molecule has 1 aromatic rings. The molecule has 0 radical (unpaired) electrons. The molecule has 0 saturated carbocycles. The SMILES string of the molecule is C=CCNC(=NC)NCC(C)(C)Cc1ccccc1. The molecule has 0 aliphatic heterocycles. The molecule has 0 atom stereocenters. The lowest BCUT2D eigenvalue weighted by Gasteiger charge is -2.26. The Balaban J connectivity index is 2.48. The number of nitrogens with zero attached hydrogens (tertiary/aromatic N) is 1. The molecule has 1 rings (SSSR count). The van der Waals surface area contributed by atoms with Crippen molar-refractivity contribution >= 4 is 5.96 Å². The first kappa shape index (κ1) is 15.3. The van der Waals surface area contributed by atoms with Crippen molar-refractivity contribution in [1.29, 1.82) is 0 Å². The molecule has 0 heterocycles. The van der Waals surface area contributed by atoms with Crippen LogP contribution in [0.1, 0.15) is 19.4 Å². The maximum absolute atomic E-state index is 4.18. The Morgan fingerprint density at radius 2 is 1.95 bits per heavy atom. The van der Waals surface area contributed by atoms with Gasteiger partial charge in [-0.1, -0.05) is 50.3 Å². The molecule has 0 fully saturated rings. The zero-order chi connectivity index (χ0) is 14.1. The summed E-state index contributed by atoms with van der Waals surface area (Å²) in [7, 11) is 1.78. The third-order valence-corrected chi connectivity index (χ3v) is 2.90. The van der Waals surface area contributed by atoms with Crippen molar-refractivity contribution in [3.05, 3.63) is 48.6 Å². The van der Waals surface area contributed by atoms with E-state index in [0.717, 1.165) is 25.5 Å². The zero-order valence-electron chi connectivity index (χ0n) is 12.2. The average molecular weight is 259 g/mol. The van der Waals surface area contributed by atoms with Gasteiger partial charge in [0, 0.05) is 20.1 Å². The first-order valence-electron chi connectivity index (χ1n) is 6.67. The Bertz CT molecular complexity index is 407. The van der Waals surface area contributed by atoms with E-state index in [0.29, 0.717) is 0 Å². The normalized spacial score (nSPS) is 12.1. The van der Waals surface area contributed by atoms with Crippen LogP contribution in [0.15, 0.2) is 48.0 Å². The summed E-state index contributed by atoms with van der Waals surface area (Å²) >= 11 is 0. The lowest BCUT2D eigenvalue weighted by atomic mass is 9.86. The van der Waals surface area contributed by atoms with Gasteiger partial charge in [-0.15, -0.1) is 6.58 Å². The lowest BCUT2D eigenvalue weighted by Crippen LogP contribution is -2.42. The Morgan fingerprint density at radius 1 is 1.26 bits per heavy atom.